The second-order valence-corrected chi connectivity index (χ2v) is 5.72. The zero-order valence-electron chi connectivity index (χ0n) is 12.2. The first kappa shape index (κ1) is 14.5. The van der Waals surface area contributed by atoms with Crippen molar-refractivity contribution in [2.75, 3.05) is 0 Å². The van der Waals surface area contributed by atoms with Crippen LogP contribution < -0.4 is 0 Å². The van der Waals surface area contributed by atoms with Crippen molar-refractivity contribution in [3.05, 3.63) is 42.0 Å². The van der Waals surface area contributed by atoms with Gasteiger partial charge in [-0.25, -0.2) is 0 Å². The number of carbonyl (C=O) groups is 2. The molecule has 2 rings (SSSR count). The van der Waals surface area contributed by atoms with E-state index in [-0.39, 0.29) is 11.8 Å². The van der Waals surface area contributed by atoms with E-state index in [1.165, 1.54) is 4.90 Å². The predicted octanol–water partition coefficient (Wildman–Crippen LogP) is 3.39. The number of hydrogen-bond acceptors (Lipinski definition) is 2. The van der Waals surface area contributed by atoms with Gasteiger partial charge in [-0.3, -0.25) is 14.5 Å². The Bertz CT molecular complexity index is 532. The third kappa shape index (κ3) is 2.67. The average molecular weight is 271 g/mol. The van der Waals surface area contributed by atoms with E-state index in [0.29, 0.717) is 13.0 Å². The minimum atomic E-state index is -0.507. The zero-order valence-corrected chi connectivity index (χ0v) is 12.2. The summed E-state index contributed by atoms with van der Waals surface area (Å²) in [7, 11) is 0. The summed E-state index contributed by atoms with van der Waals surface area (Å²) in [6.07, 6.45) is 3.79. The molecule has 20 heavy (non-hydrogen) atoms. The van der Waals surface area contributed by atoms with E-state index in [4.69, 9.17) is 0 Å². The van der Waals surface area contributed by atoms with E-state index in [9.17, 15) is 9.59 Å². The Morgan fingerprint density at radius 3 is 2.50 bits per heavy atom. The molecule has 1 fully saturated rings. The smallest absolute Gasteiger partial charge is 0.235 e. The Balaban J connectivity index is 2.14. The van der Waals surface area contributed by atoms with Crippen molar-refractivity contribution in [1.82, 2.24) is 4.90 Å². The molecule has 2 amide bonds. The Kier molecular flexibility index (Phi) is 4.07. The summed E-state index contributed by atoms with van der Waals surface area (Å²) < 4.78 is 0. The largest absolute Gasteiger partial charge is 0.278 e. The van der Waals surface area contributed by atoms with E-state index in [1.54, 1.807) is 6.08 Å². The summed E-state index contributed by atoms with van der Waals surface area (Å²) in [6.45, 7) is 8.02. The van der Waals surface area contributed by atoms with Crippen LogP contribution >= 0.6 is 0 Å². The average Bonchev–Trinajstić information content (AvgIpc) is 2.64. The first-order valence-corrected chi connectivity index (χ1v) is 7.06. The van der Waals surface area contributed by atoms with Crippen molar-refractivity contribution in [3.8, 4) is 0 Å². The van der Waals surface area contributed by atoms with E-state index >= 15 is 0 Å². The Morgan fingerprint density at radius 2 is 1.95 bits per heavy atom. The fourth-order valence-corrected chi connectivity index (χ4v) is 2.79. The van der Waals surface area contributed by atoms with Gasteiger partial charge in [-0.05, 0) is 17.5 Å². The maximum absolute atomic E-state index is 12.4. The number of benzene rings is 1. The standard InChI is InChI=1S/C17H21NO2/c1-4-10-17(3)11-15(19)18(16(17)20)12-14-8-6-13(5-2)7-9-14/h5-9H,2,4,10-12H2,1,3H3. The Hall–Kier alpha value is -1.90. The number of hydrogen-bond donors (Lipinski definition) is 0. The lowest BCUT2D eigenvalue weighted by Crippen LogP contribution is -2.33. The van der Waals surface area contributed by atoms with Crippen LogP contribution in [0, 0.1) is 5.41 Å². The van der Waals surface area contributed by atoms with Gasteiger partial charge in [0.15, 0.2) is 0 Å². The molecule has 3 heteroatoms. The first-order valence-electron chi connectivity index (χ1n) is 7.06. The summed E-state index contributed by atoms with van der Waals surface area (Å²) in [5, 5.41) is 0. The second kappa shape index (κ2) is 5.61. The van der Waals surface area contributed by atoms with Crippen LogP contribution in [-0.2, 0) is 16.1 Å². The van der Waals surface area contributed by atoms with E-state index < -0.39 is 5.41 Å². The normalized spacial score (nSPS) is 22.4. The maximum atomic E-state index is 12.4. The number of rotatable bonds is 5. The molecule has 0 aromatic heterocycles. The van der Waals surface area contributed by atoms with E-state index in [2.05, 4.69) is 6.58 Å². The topological polar surface area (TPSA) is 37.4 Å². The quantitative estimate of drug-likeness (QED) is 0.770. The fraction of sp³-hybridized carbons (Fsp3) is 0.412. The Morgan fingerprint density at radius 1 is 1.30 bits per heavy atom. The highest BCUT2D eigenvalue weighted by Gasteiger charge is 2.47. The van der Waals surface area contributed by atoms with Gasteiger partial charge in [-0.2, -0.15) is 0 Å². The molecule has 0 bridgehead atoms. The van der Waals surface area contributed by atoms with Crippen molar-refractivity contribution in [3.63, 3.8) is 0 Å². The second-order valence-electron chi connectivity index (χ2n) is 5.72. The molecular weight excluding hydrogens is 250 g/mol. The lowest BCUT2D eigenvalue weighted by molar-refractivity contribution is -0.142. The summed E-state index contributed by atoms with van der Waals surface area (Å²) in [5.41, 5.74) is 1.49. The third-order valence-electron chi connectivity index (χ3n) is 3.96. The summed E-state index contributed by atoms with van der Waals surface area (Å²) in [4.78, 5) is 25.9. The van der Waals surface area contributed by atoms with Crippen molar-refractivity contribution < 1.29 is 9.59 Å². The minimum Gasteiger partial charge on any atom is -0.278 e. The van der Waals surface area contributed by atoms with Gasteiger partial charge in [0, 0.05) is 6.42 Å². The van der Waals surface area contributed by atoms with E-state index in [0.717, 1.165) is 24.0 Å². The molecule has 1 atom stereocenters. The van der Waals surface area contributed by atoms with Gasteiger partial charge in [0.2, 0.25) is 11.8 Å². The fourth-order valence-electron chi connectivity index (χ4n) is 2.79. The van der Waals surface area contributed by atoms with E-state index in [1.807, 2.05) is 38.1 Å². The predicted molar refractivity (Wildman–Crippen MR) is 79.7 cm³/mol. The highest BCUT2D eigenvalue weighted by Crippen LogP contribution is 2.37. The molecule has 0 aliphatic carbocycles. The summed E-state index contributed by atoms with van der Waals surface area (Å²) >= 11 is 0. The van der Waals surface area contributed by atoms with Gasteiger partial charge in [-0.15, -0.1) is 0 Å². The number of nitrogens with zero attached hydrogens (tertiary/aromatic N) is 1. The maximum Gasteiger partial charge on any atom is 0.235 e. The molecule has 0 radical (unpaired) electrons. The molecule has 1 unspecified atom stereocenters. The molecule has 0 saturated carbocycles. The summed E-state index contributed by atoms with van der Waals surface area (Å²) in [5.74, 6) is -0.0871. The van der Waals surface area contributed by atoms with Crippen molar-refractivity contribution in [2.24, 2.45) is 5.41 Å². The molecule has 0 N–H and O–H groups in total. The van der Waals surface area contributed by atoms with Crippen molar-refractivity contribution in [1.29, 1.82) is 0 Å². The van der Waals surface area contributed by atoms with Crippen LogP contribution in [0.25, 0.3) is 6.08 Å². The minimum absolute atomic E-state index is 0.0304. The number of imide groups is 1. The van der Waals surface area contributed by atoms with Crippen LogP contribution in [0.3, 0.4) is 0 Å². The van der Waals surface area contributed by atoms with Gasteiger partial charge >= 0.3 is 0 Å². The van der Waals surface area contributed by atoms with Crippen LogP contribution in [0.2, 0.25) is 0 Å². The SMILES string of the molecule is C=Cc1ccc(CN2C(=O)CC(C)(CCC)C2=O)cc1. The van der Waals surface area contributed by atoms with Crippen LogP contribution in [0.1, 0.15) is 44.2 Å². The molecule has 1 saturated heterocycles. The molecule has 1 aliphatic heterocycles. The Labute approximate surface area is 120 Å². The lowest BCUT2D eigenvalue weighted by Gasteiger charge is -2.21. The van der Waals surface area contributed by atoms with Crippen LogP contribution in [0.4, 0.5) is 0 Å². The highest BCUT2D eigenvalue weighted by molar-refractivity contribution is 6.05. The molecule has 1 aromatic carbocycles. The molecular formula is C17H21NO2. The molecule has 3 nitrogen and oxygen atoms in total. The van der Waals surface area contributed by atoms with Crippen LogP contribution in [-0.4, -0.2) is 16.7 Å². The molecule has 0 spiro atoms. The molecule has 1 heterocycles. The number of amides is 2. The number of carbonyl (C=O) groups excluding carboxylic acids is 2. The highest BCUT2D eigenvalue weighted by atomic mass is 16.2. The van der Waals surface area contributed by atoms with Gasteiger partial charge < -0.3 is 0 Å². The monoisotopic (exact) mass is 271 g/mol. The zero-order chi connectivity index (χ0) is 14.8. The van der Waals surface area contributed by atoms with Crippen molar-refractivity contribution in [2.45, 2.75) is 39.7 Å². The molecule has 1 aliphatic rings. The van der Waals surface area contributed by atoms with Gasteiger partial charge in [-0.1, -0.05) is 57.2 Å². The van der Waals surface area contributed by atoms with Crippen LogP contribution in [0.5, 0.6) is 0 Å². The van der Waals surface area contributed by atoms with Gasteiger partial charge in [0.05, 0.1) is 12.0 Å². The van der Waals surface area contributed by atoms with Crippen molar-refractivity contribution >= 4 is 17.9 Å². The van der Waals surface area contributed by atoms with Crippen LogP contribution in [0.15, 0.2) is 30.8 Å². The van der Waals surface area contributed by atoms with Gasteiger partial charge in [0.25, 0.3) is 0 Å². The number of likely N-dealkylation sites (tertiary alicyclic amines) is 1. The third-order valence-corrected chi connectivity index (χ3v) is 3.96. The molecule has 1 aromatic rings. The molecule has 106 valence electrons. The summed E-state index contributed by atoms with van der Waals surface area (Å²) in [6, 6.07) is 7.76. The van der Waals surface area contributed by atoms with Gasteiger partial charge in [0.1, 0.15) is 0 Å². The lowest BCUT2D eigenvalue weighted by atomic mass is 9.84. The first-order chi connectivity index (χ1) is 9.50.